The summed E-state index contributed by atoms with van der Waals surface area (Å²) in [6.07, 6.45) is 0. The molecule has 0 fully saturated rings. The smallest absolute Gasteiger partial charge is 0.240 e. The van der Waals surface area contributed by atoms with Crippen molar-refractivity contribution in [3.63, 3.8) is 0 Å². The minimum atomic E-state index is -3.62. The van der Waals surface area contributed by atoms with E-state index in [1.807, 2.05) is 0 Å². The monoisotopic (exact) mass is 285 g/mol. The molecule has 0 saturated heterocycles. The van der Waals surface area contributed by atoms with Crippen LogP contribution in [0.3, 0.4) is 0 Å². The molecule has 1 aromatic rings. The molecule has 0 aliphatic rings. The Balaban J connectivity index is 2.86. The summed E-state index contributed by atoms with van der Waals surface area (Å²) in [5, 5.41) is 2.52. The molecule has 6 nitrogen and oxygen atoms in total. The number of sulfonamides is 1. The Morgan fingerprint density at radius 1 is 1.26 bits per heavy atom. The molecule has 0 atom stereocenters. The van der Waals surface area contributed by atoms with Crippen molar-refractivity contribution in [1.29, 1.82) is 0 Å². The highest BCUT2D eigenvalue weighted by Gasteiger charge is 2.18. The molecule has 0 spiro atoms. The number of carbonyl (C=O) groups is 1. The van der Waals surface area contributed by atoms with Crippen LogP contribution in [0.1, 0.15) is 18.1 Å². The number of carbonyl (C=O) groups excluding carboxylic acids is 1. The predicted molar refractivity (Wildman–Crippen MR) is 74.2 cm³/mol. The molecule has 0 radical (unpaired) electrons. The lowest BCUT2D eigenvalue weighted by Crippen LogP contribution is -2.34. The summed E-state index contributed by atoms with van der Waals surface area (Å²) in [6, 6.07) is 3.30. The number of aryl methyl sites for hydroxylation is 1. The topological polar surface area (TPSA) is 101 Å². The average Bonchev–Trinajstić information content (AvgIpc) is 2.29. The molecule has 0 aromatic heterocycles. The van der Waals surface area contributed by atoms with Crippen LogP contribution in [0.15, 0.2) is 17.0 Å². The van der Waals surface area contributed by atoms with E-state index in [0.29, 0.717) is 11.3 Å². The van der Waals surface area contributed by atoms with Gasteiger partial charge in [-0.2, -0.15) is 0 Å². The normalized spacial score (nSPS) is 11.3. The van der Waals surface area contributed by atoms with Crippen LogP contribution in [0.5, 0.6) is 0 Å². The van der Waals surface area contributed by atoms with E-state index in [-0.39, 0.29) is 23.9 Å². The first-order chi connectivity index (χ1) is 8.74. The number of hydrogen-bond acceptors (Lipinski definition) is 4. The molecular formula is C12H19N3O3S. The van der Waals surface area contributed by atoms with Crippen molar-refractivity contribution >= 4 is 21.6 Å². The van der Waals surface area contributed by atoms with Gasteiger partial charge in [-0.05, 0) is 37.1 Å². The van der Waals surface area contributed by atoms with Crippen molar-refractivity contribution in [1.82, 2.24) is 10.0 Å². The molecule has 106 valence electrons. The fourth-order valence-electron chi connectivity index (χ4n) is 1.63. The van der Waals surface area contributed by atoms with Gasteiger partial charge in [0.25, 0.3) is 0 Å². The van der Waals surface area contributed by atoms with Gasteiger partial charge in [-0.15, -0.1) is 0 Å². The van der Waals surface area contributed by atoms with E-state index in [4.69, 9.17) is 5.73 Å². The van der Waals surface area contributed by atoms with Crippen molar-refractivity contribution < 1.29 is 13.2 Å². The summed E-state index contributed by atoms with van der Waals surface area (Å²) >= 11 is 0. The van der Waals surface area contributed by atoms with Crippen LogP contribution in [0.25, 0.3) is 0 Å². The van der Waals surface area contributed by atoms with Gasteiger partial charge in [0, 0.05) is 25.7 Å². The third kappa shape index (κ3) is 4.22. The Bertz CT molecular complexity index is 582. The summed E-state index contributed by atoms with van der Waals surface area (Å²) in [5.41, 5.74) is 7.52. The van der Waals surface area contributed by atoms with Crippen LogP contribution in [-0.4, -0.2) is 27.4 Å². The number of hydrogen-bond donors (Lipinski definition) is 3. The molecular weight excluding hydrogens is 266 g/mol. The quantitative estimate of drug-likeness (QED) is 0.535. The zero-order valence-electron chi connectivity index (χ0n) is 11.3. The third-order valence-corrected chi connectivity index (χ3v) is 4.21. The Labute approximate surface area is 113 Å². The van der Waals surface area contributed by atoms with E-state index in [1.165, 1.54) is 6.92 Å². The summed E-state index contributed by atoms with van der Waals surface area (Å²) in [5.74, 6) is -0.199. The molecule has 1 rings (SSSR count). The van der Waals surface area contributed by atoms with E-state index < -0.39 is 10.0 Å². The van der Waals surface area contributed by atoms with Crippen LogP contribution in [0.4, 0.5) is 5.69 Å². The SMILES string of the molecule is CC(=O)NCCNS(=O)(=O)c1cc(C)cc(N)c1C. The molecule has 7 heteroatoms. The van der Waals surface area contributed by atoms with Crippen LogP contribution in [0.2, 0.25) is 0 Å². The maximum absolute atomic E-state index is 12.1. The Morgan fingerprint density at radius 2 is 1.89 bits per heavy atom. The lowest BCUT2D eigenvalue weighted by atomic mass is 10.1. The molecule has 1 aromatic carbocycles. The number of rotatable bonds is 5. The number of nitrogens with two attached hydrogens (primary N) is 1. The lowest BCUT2D eigenvalue weighted by molar-refractivity contribution is -0.118. The lowest BCUT2D eigenvalue weighted by Gasteiger charge is -2.12. The van der Waals surface area contributed by atoms with Gasteiger partial charge in [-0.3, -0.25) is 4.79 Å². The molecule has 0 saturated carbocycles. The van der Waals surface area contributed by atoms with Crippen molar-refractivity contribution in [2.75, 3.05) is 18.8 Å². The highest BCUT2D eigenvalue weighted by molar-refractivity contribution is 7.89. The van der Waals surface area contributed by atoms with Crippen molar-refractivity contribution in [3.8, 4) is 0 Å². The summed E-state index contributed by atoms with van der Waals surface area (Å²) in [4.78, 5) is 10.9. The molecule has 0 bridgehead atoms. The van der Waals surface area contributed by atoms with Crippen molar-refractivity contribution in [2.45, 2.75) is 25.7 Å². The predicted octanol–water partition coefficient (Wildman–Crippen LogP) is 0.300. The van der Waals surface area contributed by atoms with Gasteiger partial charge in [0.05, 0.1) is 4.90 Å². The largest absolute Gasteiger partial charge is 0.398 e. The fourth-order valence-corrected chi connectivity index (χ4v) is 3.02. The standard InChI is InChI=1S/C12H19N3O3S/c1-8-6-11(13)9(2)12(7-8)19(17,18)15-5-4-14-10(3)16/h6-7,15H,4-5,13H2,1-3H3,(H,14,16). The van der Waals surface area contributed by atoms with E-state index in [1.54, 1.807) is 26.0 Å². The van der Waals surface area contributed by atoms with Crippen LogP contribution in [-0.2, 0) is 14.8 Å². The van der Waals surface area contributed by atoms with Gasteiger partial charge < -0.3 is 11.1 Å². The van der Waals surface area contributed by atoms with Gasteiger partial charge >= 0.3 is 0 Å². The Morgan fingerprint density at radius 3 is 2.47 bits per heavy atom. The fraction of sp³-hybridized carbons (Fsp3) is 0.417. The molecule has 0 unspecified atom stereocenters. The van der Waals surface area contributed by atoms with E-state index in [0.717, 1.165) is 5.56 Å². The molecule has 4 N–H and O–H groups in total. The zero-order valence-corrected chi connectivity index (χ0v) is 12.1. The summed E-state index contributed by atoms with van der Waals surface area (Å²) in [7, 11) is -3.62. The van der Waals surface area contributed by atoms with Gasteiger partial charge in [-0.25, -0.2) is 13.1 Å². The van der Waals surface area contributed by atoms with Crippen molar-refractivity contribution in [2.24, 2.45) is 0 Å². The van der Waals surface area contributed by atoms with Gasteiger partial charge in [-0.1, -0.05) is 0 Å². The second kappa shape index (κ2) is 6.03. The third-order valence-electron chi connectivity index (χ3n) is 2.63. The second-order valence-electron chi connectivity index (χ2n) is 4.36. The number of amides is 1. The first-order valence-electron chi connectivity index (χ1n) is 5.85. The van der Waals surface area contributed by atoms with Crippen LogP contribution in [0, 0.1) is 13.8 Å². The van der Waals surface area contributed by atoms with E-state index in [9.17, 15) is 13.2 Å². The summed E-state index contributed by atoms with van der Waals surface area (Å²) in [6.45, 7) is 5.20. The maximum Gasteiger partial charge on any atom is 0.240 e. The van der Waals surface area contributed by atoms with Gasteiger partial charge in [0.15, 0.2) is 0 Å². The zero-order chi connectivity index (χ0) is 14.6. The number of benzene rings is 1. The molecule has 0 aliphatic heterocycles. The second-order valence-corrected chi connectivity index (χ2v) is 6.09. The number of anilines is 1. The summed E-state index contributed by atoms with van der Waals surface area (Å²) < 4.78 is 26.7. The van der Waals surface area contributed by atoms with Crippen LogP contribution < -0.4 is 15.8 Å². The molecule has 19 heavy (non-hydrogen) atoms. The minimum Gasteiger partial charge on any atom is -0.398 e. The number of nitrogen functional groups attached to an aromatic ring is 1. The van der Waals surface area contributed by atoms with Gasteiger partial charge in [0.2, 0.25) is 15.9 Å². The van der Waals surface area contributed by atoms with E-state index in [2.05, 4.69) is 10.0 Å². The molecule has 0 aliphatic carbocycles. The van der Waals surface area contributed by atoms with Crippen molar-refractivity contribution in [3.05, 3.63) is 23.3 Å². The van der Waals surface area contributed by atoms with E-state index >= 15 is 0 Å². The first-order valence-corrected chi connectivity index (χ1v) is 7.33. The average molecular weight is 285 g/mol. The molecule has 1 amide bonds. The minimum absolute atomic E-state index is 0.134. The van der Waals surface area contributed by atoms with Gasteiger partial charge in [0.1, 0.15) is 0 Å². The Kier molecular flexibility index (Phi) is 4.90. The highest BCUT2D eigenvalue weighted by atomic mass is 32.2. The first kappa shape index (κ1) is 15.5. The molecule has 0 heterocycles. The number of nitrogens with one attached hydrogen (secondary N) is 2. The Hall–Kier alpha value is -1.60. The maximum atomic E-state index is 12.1. The highest BCUT2D eigenvalue weighted by Crippen LogP contribution is 2.22. The van der Waals surface area contributed by atoms with Crippen LogP contribution >= 0.6 is 0 Å².